The average molecular weight is 370 g/mol. The third-order valence-corrected chi connectivity index (χ3v) is 6.58. The maximum absolute atomic E-state index is 13.2. The molecule has 1 aromatic carbocycles. The highest BCUT2D eigenvalue weighted by Crippen LogP contribution is 2.44. The van der Waals surface area contributed by atoms with E-state index in [0.29, 0.717) is 25.2 Å². The number of carbonyl (C=O) groups excluding carboxylic acids is 2. The molecule has 27 heavy (non-hydrogen) atoms. The zero-order valence-corrected chi connectivity index (χ0v) is 15.6. The summed E-state index contributed by atoms with van der Waals surface area (Å²) in [6.07, 6.45) is 4.67. The fourth-order valence-electron chi connectivity index (χ4n) is 5.28. The van der Waals surface area contributed by atoms with E-state index in [9.17, 15) is 19.5 Å². The fraction of sp³-hybridized carbons (Fsp3) is 0.571. The normalized spacial score (nSPS) is 31.0. The molecule has 0 unspecified atom stereocenters. The molecule has 2 saturated heterocycles. The summed E-state index contributed by atoms with van der Waals surface area (Å²) in [4.78, 5) is 41.4. The first kappa shape index (κ1) is 18.0. The lowest BCUT2D eigenvalue weighted by molar-refractivity contribution is -0.168. The number of carboxylic acid groups (broad SMARTS) is 1. The van der Waals surface area contributed by atoms with Crippen LogP contribution in [0.2, 0.25) is 0 Å². The van der Waals surface area contributed by atoms with Crippen molar-refractivity contribution in [3.63, 3.8) is 0 Å². The Labute approximate surface area is 159 Å². The van der Waals surface area contributed by atoms with Crippen LogP contribution < -0.4 is 0 Å². The molecular formula is C21H26N2O4. The van der Waals surface area contributed by atoms with Crippen molar-refractivity contribution in [3.8, 4) is 0 Å². The highest BCUT2D eigenvalue weighted by molar-refractivity contribution is 5.99. The van der Waals surface area contributed by atoms with Crippen molar-refractivity contribution in [1.82, 2.24) is 9.80 Å². The number of rotatable bonds is 5. The molecule has 0 radical (unpaired) electrons. The van der Waals surface area contributed by atoms with Gasteiger partial charge in [-0.1, -0.05) is 36.8 Å². The van der Waals surface area contributed by atoms with Gasteiger partial charge in [0.15, 0.2) is 0 Å². The molecule has 1 aliphatic carbocycles. The highest BCUT2D eigenvalue weighted by atomic mass is 16.4. The maximum atomic E-state index is 13.2. The molecule has 0 aromatic heterocycles. The summed E-state index contributed by atoms with van der Waals surface area (Å²) in [5, 5.41) is 9.81. The van der Waals surface area contributed by atoms with Crippen LogP contribution in [-0.2, 0) is 20.8 Å². The number of piperazine rings is 1. The molecule has 4 rings (SSSR count). The lowest BCUT2D eigenvalue weighted by atomic mass is 9.97. The topological polar surface area (TPSA) is 77.9 Å². The Morgan fingerprint density at radius 1 is 1.19 bits per heavy atom. The predicted octanol–water partition coefficient (Wildman–Crippen LogP) is 2.07. The average Bonchev–Trinajstić information content (AvgIpc) is 3.24. The molecular weight excluding hydrogens is 344 g/mol. The van der Waals surface area contributed by atoms with E-state index in [-0.39, 0.29) is 17.9 Å². The van der Waals surface area contributed by atoms with Crippen LogP contribution in [0.15, 0.2) is 30.3 Å². The molecule has 1 saturated carbocycles. The Kier molecular flexibility index (Phi) is 4.66. The second-order valence-electron chi connectivity index (χ2n) is 8.06. The van der Waals surface area contributed by atoms with Crippen molar-refractivity contribution in [1.29, 1.82) is 0 Å². The quantitative estimate of drug-likeness (QED) is 0.861. The summed E-state index contributed by atoms with van der Waals surface area (Å²) < 4.78 is 0. The van der Waals surface area contributed by atoms with Crippen LogP contribution in [0.1, 0.15) is 44.6 Å². The lowest BCUT2D eigenvalue weighted by Crippen LogP contribution is -2.66. The summed E-state index contributed by atoms with van der Waals surface area (Å²) in [7, 11) is 0. The minimum Gasteiger partial charge on any atom is -0.480 e. The van der Waals surface area contributed by atoms with Gasteiger partial charge in [-0.2, -0.15) is 0 Å². The summed E-state index contributed by atoms with van der Waals surface area (Å²) in [6, 6.07) is 7.65. The molecule has 5 atom stereocenters. The number of fused-ring (bicyclic) bond motifs is 3. The van der Waals surface area contributed by atoms with Gasteiger partial charge in [0.25, 0.3) is 0 Å². The van der Waals surface area contributed by atoms with Gasteiger partial charge >= 0.3 is 5.97 Å². The van der Waals surface area contributed by atoms with Crippen LogP contribution in [0.3, 0.4) is 0 Å². The molecule has 0 spiro atoms. The lowest BCUT2D eigenvalue weighted by Gasteiger charge is -2.45. The standard InChI is InChI=1S/C21H26N2O4/c1-13-19(24)23-16-9-5-8-15(16)12-18(23)20(25)22(13)17(21(26)27)11-10-14-6-3-2-4-7-14/h2-4,6-7,13,15-18H,5,8-12H2,1H3,(H,26,27)/t13-,15-,16-,17-,18+/m0/s1. The molecule has 6 heteroatoms. The van der Waals surface area contributed by atoms with Crippen molar-refractivity contribution in [3.05, 3.63) is 35.9 Å². The largest absolute Gasteiger partial charge is 0.480 e. The smallest absolute Gasteiger partial charge is 0.326 e. The summed E-state index contributed by atoms with van der Waals surface area (Å²) in [5.74, 6) is -0.912. The molecule has 2 heterocycles. The fourth-order valence-corrected chi connectivity index (χ4v) is 5.28. The SMILES string of the molecule is C[C@H]1C(=O)N2[C@H](C[C@@H]3CCC[C@@H]32)C(=O)N1[C@@H](CCc1ccccc1)C(=O)O. The van der Waals surface area contributed by atoms with E-state index in [2.05, 4.69) is 0 Å². The molecule has 6 nitrogen and oxygen atoms in total. The van der Waals surface area contributed by atoms with Crippen molar-refractivity contribution < 1.29 is 19.5 Å². The maximum Gasteiger partial charge on any atom is 0.326 e. The number of aliphatic carboxylic acids is 1. The van der Waals surface area contributed by atoms with Gasteiger partial charge < -0.3 is 14.9 Å². The van der Waals surface area contributed by atoms with Gasteiger partial charge in [0.1, 0.15) is 18.1 Å². The number of carbonyl (C=O) groups is 3. The monoisotopic (exact) mass is 370 g/mol. The first-order valence-electron chi connectivity index (χ1n) is 9.90. The van der Waals surface area contributed by atoms with Gasteiger partial charge in [0.2, 0.25) is 11.8 Å². The molecule has 3 fully saturated rings. The van der Waals surface area contributed by atoms with E-state index in [4.69, 9.17) is 0 Å². The van der Waals surface area contributed by atoms with Crippen molar-refractivity contribution in [2.45, 2.75) is 69.6 Å². The van der Waals surface area contributed by atoms with Crippen LogP contribution in [0.5, 0.6) is 0 Å². The number of benzene rings is 1. The first-order chi connectivity index (χ1) is 13.0. The van der Waals surface area contributed by atoms with Gasteiger partial charge in [0.05, 0.1) is 0 Å². The van der Waals surface area contributed by atoms with Crippen molar-refractivity contribution >= 4 is 17.8 Å². The number of hydrogen-bond acceptors (Lipinski definition) is 3. The Morgan fingerprint density at radius 2 is 1.93 bits per heavy atom. The van der Waals surface area contributed by atoms with Gasteiger partial charge in [-0.25, -0.2) is 4.79 Å². The summed E-state index contributed by atoms with van der Waals surface area (Å²) in [5.41, 5.74) is 1.03. The molecule has 1 aromatic rings. The van der Waals surface area contributed by atoms with E-state index in [0.717, 1.165) is 24.8 Å². The van der Waals surface area contributed by atoms with Crippen LogP contribution in [0.25, 0.3) is 0 Å². The van der Waals surface area contributed by atoms with Gasteiger partial charge in [-0.05, 0) is 50.5 Å². The molecule has 1 N–H and O–H groups in total. The molecule has 2 aliphatic heterocycles. The van der Waals surface area contributed by atoms with Gasteiger partial charge in [0, 0.05) is 6.04 Å². The second kappa shape index (κ2) is 6.98. The summed E-state index contributed by atoms with van der Waals surface area (Å²) >= 11 is 0. The molecule has 3 aliphatic rings. The highest BCUT2D eigenvalue weighted by Gasteiger charge is 2.56. The first-order valence-corrected chi connectivity index (χ1v) is 9.90. The zero-order valence-electron chi connectivity index (χ0n) is 15.6. The Bertz CT molecular complexity index is 750. The number of nitrogens with zero attached hydrogens (tertiary/aromatic N) is 2. The predicted molar refractivity (Wildman–Crippen MR) is 98.9 cm³/mol. The van der Waals surface area contributed by atoms with Crippen molar-refractivity contribution in [2.75, 3.05) is 0 Å². The Morgan fingerprint density at radius 3 is 2.63 bits per heavy atom. The van der Waals surface area contributed by atoms with E-state index in [1.54, 1.807) is 11.8 Å². The van der Waals surface area contributed by atoms with Crippen molar-refractivity contribution in [2.24, 2.45) is 5.92 Å². The molecule has 144 valence electrons. The number of hydrogen-bond donors (Lipinski definition) is 1. The third-order valence-electron chi connectivity index (χ3n) is 6.58. The second-order valence-corrected chi connectivity index (χ2v) is 8.06. The summed E-state index contributed by atoms with van der Waals surface area (Å²) in [6.45, 7) is 1.68. The van der Waals surface area contributed by atoms with Crippen LogP contribution in [0.4, 0.5) is 0 Å². The third kappa shape index (κ3) is 3.01. The number of amides is 2. The van der Waals surface area contributed by atoms with Gasteiger partial charge in [-0.15, -0.1) is 0 Å². The zero-order chi connectivity index (χ0) is 19.1. The molecule has 0 bridgehead atoms. The van der Waals surface area contributed by atoms with E-state index >= 15 is 0 Å². The molecule has 2 amide bonds. The van der Waals surface area contributed by atoms with Crippen LogP contribution in [0, 0.1) is 5.92 Å². The van der Waals surface area contributed by atoms with Gasteiger partial charge in [-0.3, -0.25) is 9.59 Å². The minimum absolute atomic E-state index is 0.0834. The number of aryl methyl sites for hydroxylation is 1. The Hall–Kier alpha value is -2.37. The van der Waals surface area contributed by atoms with E-state index < -0.39 is 24.1 Å². The van der Waals surface area contributed by atoms with E-state index in [1.165, 1.54) is 4.90 Å². The minimum atomic E-state index is -1.04. The Balaban J connectivity index is 1.56. The number of carboxylic acids is 1. The van der Waals surface area contributed by atoms with Crippen LogP contribution >= 0.6 is 0 Å². The van der Waals surface area contributed by atoms with Crippen LogP contribution in [-0.4, -0.2) is 56.9 Å². The van der Waals surface area contributed by atoms with E-state index in [1.807, 2.05) is 30.3 Å².